The summed E-state index contributed by atoms with van der Waals surface area (Å²) in [5.74, 6) is -0.758. The Morgan fingerprint density at radius 1 is 1.56 bits per heavy atom. The number of likely N-dealkylation sites (N-methyl/N-ethyl adjacent to an activating group) is 1. The molecule has 0 bridgehead atoms. The van der Waals surface area contributed by atoms with Crippen molar-refractivity contribution in [2.24, 2.45) is 5.73 Å². The first-order valence-corrected chi connectivity index (χ1v) is 5.89. The number of aliphatic carboxylic acids is 1. The van der Waals surface area contributed by atoms with Gasteiger partial charge in [0, 0.05) is 6.04 Å². The highest BCUT2D eigenvalue weighted by Gasteiger charge is 2.29. The van der Waals surface area contributed by atoms with Gasteiger partial charge < -0.3 is 15.7 Å². The third kappa shape index (κ3) is 3.43. The third-order valence-electron chi connectivity index (χ3n) is 3.48. The molecule has 1 saturated heterocycles. The van der Waals surface area contributed by atoms with Gasteiger partial charge in [-0.1, -0.05) is 0 Å². The standard InChI is InChI=1S/C11H23N3O2/c1-13-7-4-9(5-8-13)14(2)10(3-6-12)11(15)16/h9-10H,3-8,12H2,1-2H3,(H,15,16). The van der Waals surface area contributed by atoms with Crippen LogP contribution in [0.5, 0.6) is 0 Å². The van der Waals surface area contributed by atoms with Crippen LogP contribution in [0.1, 0.15) is 19.3 Å². The van der Waals surface area contributed by atoms with E-state index in [9.17, 15) is 4.79 Å². The van der Waals surface area contributed by atoms with E-state index in [0.29, 0.717) is 19.0 Å². The van der Waals surface area contributed by atoms with Gasteiger partial charge in [0.25, 0.3) is 0 Å². The largest absolute Gasteiger partial charge is 0.480 e. The molecule has 1 fully saturated rings. The lowest BCUT2D eigenvalue weighted by molar-refractivity contribution is -0.144. The van der Waals surface area contributed by atoms with Crippen molar-refractivity contribution in [1.82, 2.24) is 9.80 Å². The molecule has 0 amide bonds. The minimum atomic E-state index is -0.758. The second kappa shape index (κ2) is 6.18. The van der Waals surface area contributed by atoms with Crippen molar-refractivity contribution in [3.63, 3.8) is 0 Å². The van der Waals surface area contributed by atoms with Crippen molar-refractivity contribution in [2.75, 3.05) is 33.7 Å². The second-order valence-electron chi connectivity index (χ2n) is 4.63. The van der Waals surface area contributed by atoms with Gasteiger partial charge in [-0.05, 0) is 53.0 Å². The van der Waals surface area contributed by atoms with E-state index in [0.717, 1.165) is 25.9 Å². The van der Waals surface area contributed by atoms with Crippen LogP contribution in [0.2, 0.25) is 0 Å². The summed E-state index contributed by atoms with van der Waals surface area (Å²) < 4.78 is 0. The average molecular weight is 229 g/mol. The van der Waals surface area contributed by atoms with E-state index in [-0.39, 0.29) is 0 Å². The molecule has 1 aliphatic rings. The Morgan fingerprint density at radius 2 is 2.12 bits per heavy atom. The van der Waals surface area contributed by atoms with E-state index in [1.165, 1.54) is 0 Å². The summed E-state index contributed by atoms with van der Waals surface area (Å²) >= 11 is 0. The molecule has 16 heavy (non-hydrogen) atoms. The number of nitrogens with zero attached hydrogens (tertiary/aromatic N) is 2. The lowest BCUT2D eigenvalue weighted by Crippen LogP contribution is -2.49. The van der Waals surface area contributed by atoms with Gasteiger partial charge in [-0.15, -0.1) is 0 Å². The molecule has 0 aliphatic carbocycles. The van der Waals surface area contributed by atoms with Crippen molar-refractivity contribution >= 4 is 5.97 Å². The van der Waals surface area contributed by atoms with Crippen LogP contribution in [0.4, 0.5) is 0 Å². The Labute approximate surface area is 97.2 Å². The van der Waals surface area contributed by atoms with Crippen LogP contribution in [-0.2, 0) is 4.79 Å². The highest BCUT2D eigenvalue weighted by Crippen LogP contribution is 2.17. The zero-order chi connectivity index (χ0) is 12.1. The van der Waals surface area contributed by atoms with Gasteiger partial charge >= 0.3 is 5.97 Å². The maximum absolute atomic E-state index is 11.1. The van der Waals surface area contributed by atoms with E-state index < -0.39 is 12.0 Å². The number of carboxylic acids is 1. The van der Waals surface area contributed by atoms with Crippen molar-refractivity contribution in [3.05, 3.63) is 0 Å². The first-order valence-electron chi connectivity index (χ1n) is 5.89. The summed E-state index contributed by atoms with van der Waals surface area (Å²) in [6.07, 6.45) is 2.61. The summed E-state index contributed by atoms with van der Waals surface area (Å²) in [6, 6.07) is -0.0535. The summed E-state index contributed by atoms with van der Waals surface area (Å²) in [4.78, 5) is 15.4. The topological polar surface area (TPSA) is 69.8 Å². The van der Waals surface area contributed by atoms with E-state index in [4.69, 9.17) is 10.8 Å². The molecular weight excluding hydrogens is 206 g/mol. The molecular formula is C11H23N3O2. The molecule has 0 aromatic heterocycles. The van der Waals surface area contributed by atoms with Crippen molar-refractivity contribution in [2.45, 2.75) is 31.3 Å². The van der Waals surface area contributed by atoms with Gasteiger partial charge in [0.05, 0.1) is 0 Å². The molecule has 5 nitrogen and oxygen atoms in total. The molecule has 1 unspecified atom stereocenters. The van der Waals surface area contributed by atoms with E-state index in [1.54, 1.807) is 0 Å². The van der Waals surface area contributed by atoms with Crippen LogP contribution in [0.3, 0.4) is 0 Å². The molecule has 0 spiro atoms. The number of likely N-dealkylation sites (tertiary alicyclic amines) is 1. The number of piperidine rings is 1. The van der Waals surface area contributed by atoms with Crippen molar-refractivity contribution < 1.29 is 9.90 Å². The van der Waals surface area contributed by atoms with E-state index >= 15 is 0 Å². The summed E-state index contributed by atoms with van der Waals surface area (Å²) in [5.41, 5.74) is 5.46. The molecule has 0 aromatic rings. The van der Waals surface area contributed by atoms with Crippen LogP contribution in [0.15, 0.2) is 0 Å². The van der Waals surface area contributed by atoms with Gasteiger partial charge in [-0.3, -0.25) is 9.69 Å². The van der Waals surface area contributed by atoms with E-state index in [1.807, 2.05) is 11.9 Å². The van der Waals surface area contributed by atoms with Crippen molar-refractivity contribution in [3.8, 4) is 0 Å². The zero-order valence-corrected chi connectivity index (χ0v) is 10.2. The Kier molecular flexibility index (Phi) is 5.18. The maximum atomic E-state index is 11.1. The van der Waals surface area contributed by atoms with Gasteiger partial charge in [-0.2, -0.15) is 0 Å². The number of carboxylic acid groups (broad SMARTS) is 1. The van der Waals surface area contributed by atoms with Crippen LogP contribution in [0.25, 0.3) is 0 Å². The first kappa shape index (κ1) is 13.4. The molecule has 5 heteroatoms. The lowest BCUT2D eigenvalue weighted by Gasteiger charge is -2.37. The fourth-order valence-corrected chi connectivity index (χ4v) is 2.32. The Hall–Kier alpha value is -0.650. The lowest BCUT2D eigenvalue weighted by atomic mass is 10.0. The Morgan fingerprint density at radius 3 is 2.56 bits per heavy atom. The number of hydrogen-bond acceptors (Lipinski definition) is 4. The molecule has 1 heterocycles. The fraction of sp³-hybridized carbons (Fsp3) is 0.909. The van der Waals surface area contributed by atoms with Crippen molar-refractivity contribution in [1.29, 1.82) is 0 Å². The van der Waals surface area contributed by atoms with Crippen LogP contribution < -0.4 is 5.73 Å². The fourth-order valence-electron chi connectivity index (χ4n) is 2.32. The predicted molar refractivity (Wildman–Crippen MR) is 63.4 cm³/mol. The molecule has 1 atom stereocenters. The van der Waals surface area contributed by atoms with Crippen LogP contribution in [-0.4, -0.2) is 66.7 Å². The Balaban J connectivity index is 2.53. The van der Waals surface area contributed by atoms with Crippen LogP contribution >= 0.6 is 0 Å². The summed E-state index contributed by atoms with van der Waals surface area (Å²) in [7, 11) is 4.01. The number of nitrogens with two attached hydrogens (primary N) is 1. The number of carbonyl (C=O) groups is 1. The highest BCUT2D eigenvalue weighted by atomic mass is 16.4. The highest BCUT2D eigenvalue weighted by molar-refractivity contribution is 5.73. The molecule has 0 aromatic carbocycles. The molecule has 0 radical (unpaired) electrons. The molecule has 1 aliphatic heterocycles. The Bertz CT molecular complexity index is 227. The average Bonchev–Trinajstić information content (AvgIpc) is 2.25. The predicted octanol–water partition coefficient (Wildman–Crippen LogP) is -0.186. The van der Waals surface area contributed by atoms with Gasteiger partial charge in [0.2, 0.25) is 0 Å². The van der Waals surface area contributed by atoms with E-state index in [2.05, 4.69) is 11.9 Å². The molecule has 0 saturated carbocycles. The third-order valence-corrected chi connectivity index (χ3v) is 3.48. The normalized spacial score (nSPS) is 21.2. The maximum Gasteiger partial charge on any atom is 0.320 e. The smallest absolute Gasteiger partial charge is 0.320 e. The molecule has 3 N–H and O–H groups in total. The first-order chi connectivity index (χ1) is 7.56. The molecule has 1 rings (SSSR count). The summed E-state index contributed by atoms with van der Waals surface area (Å²) in [6.45, 7) is 2.52. The SMILES string of the molecule is CN1CCC(N(C)C(CCN)C(=O)O)CC1. The number of hydrogen-bond donors (Lipinski definition) is 2. The zero-order valence-electron chi connectivity index (χ0n) is 10.2. The van der Waals surface area contributed by atoms with Gasteiger partial charge in [0.1, 0.15) is 6.04 Å². The minimum Gasteiger partial charge on any atom is -0.480 e. The monoisotopic (exact) mass is 229 g/mol. The van der Waals surface area contributed by atoms with Gasteiger partial charge in [-0.25, -0.2) is 0 Å². The minimum absolute atomic E-state index is 0.379. The second-order valence-corrected chi connectivity index (χ2v) is 4.63. The van der Waals surface area contributed by atoms with Crippen LogP contribution in [0, 0.1) is 0 Å². The number of rotatable bonds is 5. The van der Waals surface area contributed by atoms with Gasteiger partial charge in [0.15, 0.2) is 0 Å². The molecule has 94 valence electrons. The quantitative estimate of drug-likeness (QED) is 0.684. The summed E-state index contributed by atoms with van der Waals surface area (Å²) in [5, 5.41) is 9.15.